The van der Waals surface area contributed by atoms with Crippen LogP contribution in [0.25, 0.3) is 22.3 Å². The Labute approximate surface area is 130 Å². The number of benzene rings is 3. The molecule has 0 heterocycles. The Hall–Kier alpha value is -2.95. The molecule has 2 N–H and O–H groups in total. The lowest BCUT2D eigenvalue weighted by Gasteiger charge is -2.13. The van der Waals surface area contributed by atoms with E-state index in [0.717, 1.165) is 12.1 Å². The number of rotatable bonds is 2. The van der Waals surface area contributed by atoms with Gasteiger partial charge in [0.1, 0.15) is 11.5 Å². The first-order chi connectivity index (χ1) is 11.0. The summed E-state index contributed by atoms with van der Waals surface area (Å²) >= 11 is 0. The molecule has 2 nitrogen and oxygen atoms in total. The predicted molar refractivity (Wildman–Crippen MR) is 80.5 cm³/mol. The largest absolute Gasteiger partial charge is 0.507 e. The van der Waals surface area contributed by atoms with Crippen LogP contribution >= 0.6 is 0 Å². The number of hydrogen-bond donors (Lipinski definition) is 2. The summed E-state index contributed by atoms with van der Waals surface area (Å²) in [6.07, 6.45) is 0. The highest BCUT2D eigenvalue weighted by molar-refractivity contribution is 5.89. The summed E-state index contributed by atoms with van der Waals surface area (Å²) in [6.45, 7) is 0. The van der Waals surface area contributed by atoms with Crippen LogP contribution < -0.4 is 0 Å². The molecule has 0 aliphatic carbocycles. The molecule has 3 aromatic carbocycles. The van der Waals surface area contributed by atoms with E-state index in [1.54, 1.807) is 18.2 Å². The van der Waals surface area contributed by atoms with Crippen LogP contribution in [0.5, 0.6) is 11.5 Å². The Bertz CT molecular complexity index is 868. The SMILES string of the molecule is Oc1ccccc1-c1c(O)cccc1-c1cc(F)c(F)c(F)c1. The molecule has 3 aromatic rings. The van der Waals surface area contributed by atoms with Gasteiger partial charge in [-0.05, 0) is 35.4 Å². The number of aromatic hydroxyl groups is 2. The maximum atomic E-state index is 13.5. The number of phenols is 2. The summed E-state index contributed by atoms with van der Waals surface area (Å²) in [5.41, 5.74) is 0.821. The molecule has 0 fully saturated rings. The van der Waals surface area contributed by atoms with Crippen molar-refractivity contribution in [3.63, 3.8) is 0 Å². The second-order valence-corrected chi connectivity index (χ2v) is 4.97. The highest BCUT2D eigenvalue weighted by Crippen LogP contribution is 2.42. The maximum absolute atomic E-state index is 13.5. The molecular weight excluding hydrogens is 305 g/mol. The van der Waals surface area contributed by atoms with Crippen molar-refractivity contribution in [3.8, 4) is 33.8 Å². The molecule has 23 heavy (non-hydrogen) atoms. The average Bonchev–Trinajstić information content (AvgIpc) is 2.53. The van der Waals surface area contributed by atoms with E-state index in [1.807, 2.05) is 0 Å². The van der Waals surface area contributed by atoms with Crippen molar-refractivity contribution in [2.75, 3.05) is 0 Å². The minimum atomic E-state index is -1.56. The summed E-state index contributed by atoms with van der Waals surface area (Å²) in [5.74, 6) is -4.48. The minimum absolute atomic E-state index is 0.0514. The van der Waals surface area contributed by atoms with Gasteiger partial charge in [0.15, 0.2) is 17.5 Å². The predicted octanol–water partition coefficient (Wildman–Crippen LogP) is 4.85. The zero-order valence-electron chi connectivity index (χ0n) is 11.7. The molecule has 116 valence electrons. The van der Waals surface area contributed by atoms with Crippen molar-refractivity contribution < 1.29 is 23.4 Å². The Morgan fingerprint density at radius 2 is 1.22 bits per heavy atom. The van der Waals surface area contributed by atoms with Gasteiger partial charge in [0.25, 0.3) is 0 Å². The van der Waals surface area contributed by atoms with Gasteiger partial charge in [0, 0.05) is 11.1 Å². The lowest BCUT2D eigenvalue weighted by molar-refractivity contribution is 0.447. The fourth-order valence-corrected chi connectivity index (χ4v) is 2.46. The molecule has 5 heteroatoms. The first-order valence-electron chi connectivity index (χ1n) is 6.74. The van der Waals surface area contributed by atoms with Crippen molar-refractivity contribution in [1.29, 1.82) is 0 Å². The van der Waals surface area contributed by atoms with E-state index in [2.05, 4.69) is 0 Å². The zero-order chi connectivity index (χ0) is 16.6. The summed E-state index contributed by atoms with van der Waals surface area (Å²) in [5, 5.41) is 20.1. The molecule has 0 atom stereocenters. The van der Waals surface area contributed by atoms with E-state index in [-0.39, 0.29) is 28.2 Å². The van der Waals surface area contributed by atoms with E-state index in [0.29, 0.717) is 5.56 Å². The van der Waals surface area contributed by atoms with Crippen LogP contribution in [0.3, 0.4) is 0 Å². The monoisotopic (exact) mass is 316 g/mol. The number of para-hydroxylation sites is 1. The van der Waals surface area contributed by atoms with Crippen LogP contribution in [-0.2, 0) is 0 Å². The van der Waals surface area contributed by atoms with Crippen molar-refractivity contribution >= 4 is 0 Å². The topological polar surface area (TPSA) is 40.5 Å². The number of hydrogen-bond acceptors (Lipinski definition) is 2. The molecular formula is C18H11F3O2. The van der Waals surface area contributed by atoms with Crippen molar-refractivity contribution in [3.05, 3.63) is 72.0 Å². The first kappa shape index (κ1) is 15.0. The third-order valence-electron chi connectivity index (χ3n) is 3.51. The highest BCUT2D eigenvalue weighted by atomic mass is 19.2. The van der Waals surface area contributed by atoms with Gasteiger partial charge in [-0.15, -0.1) is 0 Å². The summed E-state index contributed by atoms with van der Waals surface area (Å²) in [7, 11) is 0. The molecule has 0 bridgehead atoms. The fourth-order valence-electron chi connectivity index (χ4n) is 2.46. The Balaban J connectivity index is 2.30. The van der Waals surface area contributed by atoms with Gasteiger partial charge in [-0.25, -0.2) is 13.2 Å². The van der Waals surface area contributed by atoms with E-state index in [1.165, 1.54) is 24.3 Å². The van der Waals surface area contributed by atoms with Crippen LogP contribution in [0, 0.1) is 17.5 Å². The van der Waals surface area contributed by atoms with Crippen molar-refractivity contribution in [2.45, 2.75) is 0 Å². The normalized spacial score (nSPS) is 10.7. The molecule has 0 aliphatic rings. The van der Waals surface area contributed by atoms with Gasteiger partial charge in [-0.3, -0.25) is 0 Å². The van der Waals surface area contributed by atoms with Gasteiger partial charge in [-0.1, -0.05) is 30.3 Å². The van der Waals surface area contributed by atoms with E-state index < -0.39 is 17.5 Å². The third-order valence-corrected chi connectivity index (χ3v) is 3.51. The van der Waals surface area contributed by atoms with Gasteiger partial charge < -0.3 is 10.2 Å². The molecule has 0 saturated carbocycles. The first-order valence-corrected chi connectivity index (χ1v) is 6.74. The summed E-state index contributed by atoms with van der Waals surface area (Å²) in [4.78, 5) is 0. The number of halogens is 3. The lowest BCUT2D eigenvalue weighted by Crippen LogP contribution is -1.93. The smallest absolute Gasteiger partial charge is 0.194 e. The van der Waals surface area contributed by atoms with Gasteiger partial charge >= 0.3 is 0 Å². The molecule has 0 saturated heterocycles. The standard InChI is InChI=1S/C18H11F3O2/c19-13-8-10(9-14(20)18(13)21)11-5-3-7-16(23)17(11)12-4-1-2-6-15(12)22/h1-9,22-23H. The van der Waals surface area contributed by atoms with Gasteiger partial charge in [0.05, 0.1) is 0 Å². The van der Waals surface area contributed by atoms with E-state index in [4.69, 9.17) is 0 Å². The summed E-state index contributed by atoms with van der Waals surface area (Å²) < 4.78 is 40.2. The Morgan fingerprint density at radius 3 is 1.87 bits per heavy atom. The van der Waals surface area contributed by atoms with Gasteiger partial charge in [0.2, 0.25) is 0 Å². The molecule has 0 aliphatic heterocycles. The lowest BCUT2D eigenvalue weighted by atomic mass is 9.93. The van der Waals surface area contributed by atoms with Gasteiger partial charge in [-0.2, -0.15) is 0 Å². The highest BCUT2D eigenvalue weighted by Gasteiger charge is 2.18. The Morgan fingerprint density at radius 1 is 0.652 bits per heavy atom. The van der Waals surface area contributed by atoms with E-state index in [9.17, 15) is 23.4 Å². The fraction of sp³-hybridized carbons (Fsp3) is 0. The maximum Gasteiger partial charge on any atom is 0.194 e. The average molecular weight is 316 g/mol. The van der Waals surface area contributed by atoms with Crippen LogP contribution in [-0.4, -0.2) is 10.2 Å². The quantitative estimate of drug-likeness (QED) is 0.664. The van der Waals surface area contributed by atoms with E-state index >= 15 is 0 Å². The molecule has 0 unspecified atom stereocenters. The molecule has 0 radical (unpaired) electrons. The Kier molecular flexibility index (Phi) is 3.70. The van der Waals surface area contributed by atoms with Crippen molar-refractivity contribution in [2.24, 2.45) is 0 Å². The van der Waals surface area contributed by atoms with Crippen LogP contribution in [0.1, 0.15) is 0 Å². The molecule has 3 rings (SSSR count). The third kappa shape index (κ3) is 2.61. The second-order valence-electron chi connectivity index (χ2n) is 4.97. The number of phenolic OH excluding ortho intramolecular Hbond substituents is 2. The molecule has 0 amide bonds. The zero-order valence-corrected chi connectivity index (χ0v) is 11.7. The minimum Gasteiger partial charge on any atom is -0.507 e. The molecule has 0 spiro atoms. The summed E-state index contributed by atoms with van der Waals surface area (Å²) in [6, 6.07) is 12.3. The van der Waals surface area contributed by atoms with Crippen LogP contribution in [0.2, 0.25) is 0 Å². The molecule has 0 aromatic heterocycles. The van der Waals surface area contributed by atoms with Crippen molar-refractivity contribution in [1.82, 2.24) is 0 Å². The van der Waals surface area contributed by atoms with Crippen LogP contribution in [0.4, 0.5) is 13.2 Å². The second kappa shape index (κ2) is 5.68. The van der Waals surface area contributed by atoms with Crippen LogP contribution in [0.15, 0.2) is 54.6 Å².